The molecule has 3 aromatic rings. The molecule has 12 heteroatoms. The molecule has 0 aliphatic carbocycles. The molecule has 0 aliphatic heterocycles. The number of carbonyl (C=O) groups is 2. The van der Waals surface area contributed by atoms with Crippen molar-refractivity contribution in [3.63, 3.8) is 0 Å². The number of benzene rings is 2. The summed E-state index contributed by atoms with van der Waals surface area (Å²) in [6.07, 6.45) is -0.742. The number of nitrogens with one attached hydrogen (secondary N) is 3. The number of furan rings is 1. The third-order valence-electron chi connectivity index (χ3n) is 5.08. The Morgan fingerprint density at radius 3 is 2.34 bits per heavy atom. The summed E-state index contributed by atoms with van der Waals surface area (Å²) in [5.74, 6) is 0.942. The lowest BCUT2D eigenvalue weighted by molar-refractivity contribution is -0.117. The van der Waals surface area contributed by atoms with Crippen molar-refractivity contribution in [3.8, 4) is 17.1 Å². The first-order valence-electron chi connectivity index (χ1n) is 11.6. The monoisotopic (exact) mass is 563 g/mol. The van der Waals surface area contributed by atoms with Crippen LogP contribution in [0.5, 0.6) is 5.75 Å². The number of hydrogen-bond donors (Lipinski definition) is 3. The highest BCUT2D eigenvalue weighted by molar-refractivity contribution is 7.92. The van der Waals surface area contributed by atoms with Gasteiger partial charge < -0.3 is 24.5 Å². The van der Waals surface area contributed by atoms with E-state index >= 15 is 0 Å². The Balaban J connectivity index is 1.78. The lowest BCUT2D eigenvalue weighted by Gasteiger charge is -2.21. The maximum absolute atomic E-state index is 13.2. The highest BCUT2D eigenvalue weighted by atomic mass is 35.5. The zero-order chi connectivity index (χ0) is 28.3. The molecule has 0 saturated carbocycles. The van der Waals surface area contributed by atoms with E-state index in [1.165, 1.54) is 44.4 Å². The summed E-state index contributed by atoms with van der Waals surface area (Å²) in [5, 5.41) is 5.07. The van der Waals surface area contributed by atoms with Crippen LogP contribution in [0.2, 0.25) is 5.02 Å². The van der Waals surface area contributed by atoms with Crippen molar-refractivity contribution in [2.45, 2.75) is 51.2 Å². The fraction of sp³-hybridized carbons (Fsp3) is 0.308. The topological polar surface area (TPSA) is 136 Å². The third-order valence-corrected chi connectivity index (χ3v) is 6.93. The van der Waals surface area contributed by atoms with E-state index in [1.54, 1.807) is 45.9 Å². The van der Waals surface area contributed by atoms with Gasteiger partial charge in [0, 0.05) is 11.3 Å². The lowest BCUT2D eigenvalue weighted by Crippen LogP contribution is -2.43. The van der Waals surface area contributed by atoms with Gasteiger partial charge >= 0.3 is 6.09 Å². The molecule has 204 valence electrons. The SMILES string of the molecule is COc1ccc(NC(=O)[C@H](C)NC(=O)OC(C)(C)C)cc1NS(=O)(=O)c1ccc(-c2ccc(C)o2)cc1Cl. The van der Waals surface area contributed by atoms with Gasteiger partial charge in [-0.05, 0) is 83.1 Å². The molecule has 1 aromatic heterocycles. The van der Waals surface area contributed by atoms with Gasteiger partial charge in [0.1, 0.15) is 33.8 Å². The van der Waals surface area contributed by atoms with E-state index in [4.69, 9.17) is 25.5 Å². The van der Waals surface area contributed by atoms with Crippen LogP contribution in [0.4, 0.5) is 16.2 Å². The second-order valence-electron chi connectivity index (χ2n) is 9.43. The van der Waals surface area contributed by atoms with Gasteiger partial charge in [-0.1, -0.05) is 11.6 Å². The molecule has 3 rings (SSSR count). The van der Waals surface area contributed by atoms with Gasteiger partial charge in [-0.2, -0.15) is 0 Å². The Morgan fingerprint density at radius 1 is 1.05 bits per heavy atom. The van der Waals surface area contributed by atoms with Crippen molar-refractivity contribution in [1.29, 1.82) is 0 Å². The van der Waals surface area contributed by atoms with Crippen molar-refractivity contribution in [2.75, 3.05) is 17.1 Å². The van der Waals surface area contributed by atoms with Crippen molar-refractivity contribution in [3.05, 3.63) is 59.3 Å². The molecule has 0 saturated heterocycles. The van der Waals surface area contributed by atoms with E-state index in [2.05, 4.69) is 15.4 Å². The average Bonchev–Trinajstić information content (AvgIpc) is 3.23. The molecular formula is C26H30ClN3O7S. The molecule has 0 aliphatic rings. The Morgan fingerprint density at radius 2 is 1.76 bits per heavy atom. The van der Waals surface area contributed by atoms with Crippen LogP contribution >= 0.6 is 11.6 Å². The number of anilines is 2. The Hall–Kier alpha value is -3.70. The first-order chi connectivity index (χ1) is 17.7. The second-order valence-corrected chi connectivity index (χ2v) is 11.5. The number of amides is 2. The Bertz CT molecular complexity index is 1450. The predicted molar refractivity (Wildman–Crippen MR) is 145 cm³/mol. The number of rotatable bonds is 8. The molecular weight excluding hydrogens is 534 g/mol. The summed E-state index contributed by atoms with van der Waals surface area (Å²) >= 11 is 6.33. The van der Waals surface area contributed by atoms with Crippen LogP contribution in [0.15, 0.2) is 57.8 Å². The maximum atomic E-state index is 13.2. The lowest BCUT2D eigenvalue weighted by atomic mass is 10.2. The molecule has 1 heterocycles. The van der Waals surface area contributed by atoms with Crippen LogP contribution in [0.3, 0.4) is 0 Å². The summed E-state index contributed by atoms with van der Waals surface area (Å²) in [6.45, 7) is 8.41. The summed E-state index contributed by atoms with van der Waals surface area (Å²) in [6, 6.07) is 11.5. The smallest absolute Gasteiger partial charge is 0.408 e. The van der Waals surface area contributed by atoms with Gasteiger partial charge in [0.05, 0.1) is 17.8 Å². The maximum Gasteiger partial charge on any atom is 0.408 e. The van der Waals surface area contributed by atoms with E-state index in [1.807, 2.05) is 0 Å². The number of sulfonamides is 1. The van der Waals surface area contributed by atoms with Gasteiger partial charge in [-0.25, -0.2) is 13.2 Å². The fourth-order valence-corrected chi connectivity index (χ4v) is 4.93. The Kier molecular flexibility index (Phi) is 8.63. The van der Waals surface area contributed by atoms with Crippen LogP contribution in [0.1, 0.15) is 33.5 Å². The van der Waals surface area contributed by atoms with Crippen molar-refractivity contribution in [1.82, 2.24) is 5.32 Å². The zero-order valence-electron chi connectivity index (χ0n) is 21.8. The van der Waals surface area contributed by atoms with Gasteiger partial charge in [0.25, 0.3) is 10.0 Å². The predicted octanol–water partition coefficient (Wildman–Crippen LogP) is 5.57. The first kappa shape index (κ1) is 28.9. The molecule has 1 atom stereocenters. The molecule has 3 N–H and O–H groups in total. The van der Waals surface area contributed by atoms with E-state index in [-0.39, 0.29) is 27.0 Å². The molecule has 0 unspecified atom stereocenters. The van der Waals surface area contributed by atoms with E-state index in [9.17, 15) is 18.0 Å². The van der Waals surface area contributed by atoms with Crippen molar-refractivity contribution >= 4 is 45.0 Å². The van der Waals surface area contributed by atoms with Gasteiger partial charge in [0.15, 0.2) is 0 Å². The molecule has 0 spiro atoms. The number of ether oxygens (including phenoxy) is 2. The normalized spacial score (nSPS) is 12.4. The van der Waals surface area contributed by atoms with Crippen LogP contribution in [-0.2, 0) is 19.6 Å². The number of hydrogen-bond acceptors (Lipinski definition) is 7. The number of aryl methyl sites for hydroxylation is 1. The highest BCUT2D eigenvalue weighted by Crippen LogP contribution is 2.33. The van der Waals surface area contributed by atoms with Crippen molar-refractivity contribution in [2.24, 2.45) is 0 Å². The molecule has 2 aromatic carbocycles. The van der Waals surface area contributed by atoms with Gasteiger partial charge in [0.2, 0.25) is 5.91 Å². The van der Waals surface area contributed by atoms with Gasteiger partial charge in [-0.3, -0.25) is 9.52 Å². The minimum absolute atomic E-state index is 0.00507. The minimum atomic E-state index is -4.14. The largest absolute Gasteiger partial charge is 0.495 e. The number of carbonyl (C=O) groups excluding carboxylic acids is 2. The summed E-state index contributed by atoms with van der Waals surface area (Å²) in [4.78, 5) is 24.4. The number of methoxy groups -OCH3 is 1. The standard InChI is InChI=1S/C26H30ClN3O7S/c1-15-7-10-21(36-15)17-8-12-23(19(27)13-17)38(33,34)30-20-14-18(9-11-22(20)35-6)29-24(31)16(2)28-25(32)37-26(3,4)5/h7-14,16,30H,1-6H3,(H,28,32)(H,29,31)/t16-/m0/s1. The van der Waals surface area contributed by atoms with Crippen LogP contribution < -0.4 is 20.1 Å². The van der Waals surface area contributed by atoms with E-state index in [0.29, 0.717) is 17.1 Å². The molecule has 0 fully saturated rings. The summed E-state index contributed by atoms with van der Waals surface area (Å²) in [5.41, 5.74) is 0.239. The molecule has 0 bridgehead atoms. The number of alkyl carbamates (subject to hydrolysis) is 1. The van der Waals surface area contributed by atoms with E-state index < -0.39 is 33.7 Å². The summed E-state index contributed by atoms with van der Waals surface area (Å²) in [7, 11) is -2.76. The quantitative estimate of drug-likeness (QED) is 0.326. The summed E-state index contributed by atoms with van der Waals surface area (Å²) < 4.78 is 44.9. The third kappa shape index (κ3) is 7.42. The molecule has 38 heavy (non-hydrogen) atoms. The van der Waals surface area contributed by atoms with Crippen LogP contribution in [0.25, 0.3) is 11.3 Å². The minimum Gasteiger partial charge on any atom is -0.495 e. The van der Waals surface area contributed by atoms with Crippen molar-refractivity contribution < 1.29 is 31.9 Å². The first-order valence-corrected chi connectivity index (χ1v) is 13.4. The fourth-order valence-electron chi connectivity index (χ4n) is 3.33. The van der Waals surface area contributed by atoms with E-state index in [0.717, 1.165) is 0 Å². The molecule has 0 radical (unpaired) electrons. The molecule has 2 amide bonds. The number of halogens is 1. The highest BCUT2D eigenvalue weighted by Gasteiger charge is 2.23. The zero-order valence-corrected chi connectivity index (χ0v) is 23.4. The Labute approximate surface area is 226 Å². The van der Waals surface area contributed by atoms with Crippen LogP contribution in [0, 0.1) is 6.92 Å². The van der Waals surface area contributed by atoms with Crippen LogP contribution in [-0.4, -0.2) is 39.2 Å². The van der Waals surface area contributed by atoms with Gasteiger partial charge in [-0.15, -0.1) is 0 Å². The average molecular weight is 564 g/mol. The second kappa shape index (κ2) is 11.4. The molecule has 10 nitrogen and oxygen atoms in total.